The van der Waals surface area contributed by atoms with E-state index < -0.39 is 0 Å². The molecule has 92 valence electrons. The first-order chi connectivity index (χ1) is 8.78. The highest BCUT2D eigenvalue weighted by atomic mass is 79.9. The third kappa shape index (κ3) is 3.70. The van der Waals surface area contributed by atoms with E-state index >= 15 is 0 Å². The van der Waals surface area contributed by atoms with Crippen molar-refractivity contribution in [2.24, 2.45) is 0 Å². The molecule has 2 aromatic rings. The van der Waals surface area contributed by atoms with Gasteiger partial charge in [0.1, 0.15) is 0 Å². The number of hydrogen-bond donors (Lipinski definition) is 1. The standard InChI is InChI=1S/C15H14BrNO/c16-11-15(18)17-14-8-4-7-13(10-14)9-12-5-2-1-3-6-12/h1-8,10H,9,11H2,(H,17,18). The Morgan fingerprint density at radius 3 is 2.44 bits per heavy atom. The lowest BCUT2D eigenvalue weighted by Gasteiger charge is -2.06. The van der Waals surface area contributed by atoms with Gasteiger partial charge in [0.25, 0.3) is 0 Å². The van der Waals surface area contributed by atoms with Gasteiger partial charge in [-0.1, -0.05) is 58.4 Å². The fourth-order valence-corrected chi connectivity index (χ4v) is 1.93. The molecule has 0 bridgehead atoms. The number of benzene rings is 2. The van der Waals surface area contributed by atoms with Crippen molar-refractivity contribution in [3.8, 4) is 0 Å². The van der Waals surface area contributed by atoms with Gasteiger partial charge in [0, 0.05) is 5.69 Å². The van der Waals surface area contributed by atoms with Gasteiger partial charge in [-0.25, -0.2) is 0 Å². The van der Waals surface area contributed by atoms with Crippen molar-refractivity contribution >= 4 is 27.5 Å². The van der Waals surface area contributed by atoms with Crippen LogP contribution in [-0.2, 0) is 11.2 Å². The number of rotatable bonds is 4. The van der Waals surface area contributed by atoms with Gasteiger partial charge in [0.05, 0.1) is 5.33 Å². The van der Waals surface area contributed by atoms with Crippen LogP contribution in [-0.4, -0.2) is 11.2 Å². The number of hydrogen-bond acceptors (Lipinski definition) is 1. The minimum Gasteiger partial charge on any atom is -0.325 e. The van der Waals surface area contributed by atoms with E-state index in [1.54, 1.807) is 0 Å². The molecule has 0 heterocycles. The lowest BCUT2D eigenvalue weighted by molar-refractivity contribution is -0.113. The summed E-state index contributed by atoms with van der Waals surface area (Å²) in [5.74, 6) is -0.0353. The average Bonchev–Trinajstić information content (AvgIpc) is 2.40. The molecule has 0 fully saturated rings. The smallest absolute Gasteiger partial charge is 0.235 e. The van der Waals surface area contributed by atoms with Gasteiger partial charge in [-0.2, -0.15) is 0 Å². The predicted molar refractivity (Wildman–Crippen MR) is 78.1 cm³/mol. The van der Waals surface area contributed by atoms with Crippen LogP contribution in [0, 0.1) is 0 Å². The van der Waals surface area contributed by atoms with E-state index in [0.717, 1.165) is 12.1 Å². The normalized spacial score (nSPS) is 10.1. The fraction of sp³-hybridized carbons (Fsp3) is 0.133. The molecule has 2 rings (SSSR count). The number of carbonyl (C=O) groups excluding carboxylic acids is 1. The SMILES string of the molecule is O=C(CBr)Nc1cccc(Cc2ccccc2)c1. The van der Waals surface area contributed by atoms with Crippen LogP contribution in [0.25, 0.3) is 0 Å². The summed E-state index contributed by atoms with van der Waals surface area (Å²) in [6.45, 7) is 0. The molecule has 1 amide bonds. The Kier molecular flexibility index (Phi) is 4.53. The molecule has 0 aliphatic heterocycles. The molecule has 18 heavy (non-hydrogen) atoms. The topological polar surface area (TPSA) is 29.1 Å². The third-order valence-corrected chi connectivity index (χ3v) is 3.09. The summed E-state index contributed by atoms with van der Waals surface area (Å²) in [7, 11) is 0. The maximum Gasteiger partial charge on any atom is 0.235 e. The van der Waals surface area contributed by atoms with Gasteiger partial charge < -0.3 is 5.32 Å². The Hall–Kier alpha value is -1.61. The van der Waals surface area contributed by atoms with E-state index in [1.165, 1.54) is 11.1 Å². The van der Waals surface area contributed by atoms with E-state index in [-0.39, 0.29) is 5.91 Å². The van der Waals surface area contributed by atoms with E-state index in [1.807, 2.05) is 36.4 Å². The van der Waals surface area contributed by atoms with E-state index in [9.17, 15) is 4.79 Å². The lowest BCUT2D eigenvalue weighted by Crippen LogP contribution is -2.12. The molecule has 0 radical (unpaired) electrons. The minimum absolute atomic E-state index is 0.0353. The summed E-state index contributed by atoms with van der Waals surface area (Å²) in [4.78, 5) is 11.3. The number of anilines is 1. The molecule has 2 aromatic carbocycles. The molecular weight excluding hydrogens is 290 g/mol. The number of nitrogens with one attached hydrogen (secondary N) is 1. The van der Waals surface area contributed by atoms with Crippen LogP contribution >= 0.6 is 15.9 Å². The van der Waals surface area contributed by atoms with Gasteiger partial charge in [-0.15, -0.1) is 0 Å². The molecule has 0 aromatic heterocycles. The lowest BCUT2D eigenvalue weighted by atomic mass is 10.0. The van der Waals surface area contributed by atoms with Crippen LogP contribution in [0.3, 0.4) is 0 Å². The second kappa shape index (κ2) is 6.36. The Morgan fingerprint density at radius 2 is 1.72 bits per heavy atom. The van der Waals surface area contributed by atoms with Crippen LogP contribution in [0.15, 0.2) is 54.6 Å². The molecule has 1 N–H and O–H groups in total. The summed E-state index contributed by atoms with van der Waals surface area (Å²) < 4.78 is 0. The fourth-order valence-electron chi connectivity index (χ4n) is 1.79. The Balaban J connectivity index is 2.10. The number of amides is 1. The predicted octanol–water partition coefficient (Wildman–Crippen LogP) is 3.61. The van der Waals surface area contributed by atoms with E-state index in [0.29, 0.717) is 5.33 Å². The quantitative estimate of drug-likeness (QED) is 0.859. The second-order valence-corrected chi connectivity index (χ2v) is 4.61. The van der Waals surface area contributed by atoms with Crippen LogP contribution in [0.4, 0.5) is 5.69 Å². The van der Waals surface area contributed by atoms with Gasteiger partial charge in [-0.3, -0.25) is 4.79 Å². The maximum absolute atomic E-state index is 11.3. The molecule has 0 unspecified atom stereocenters. The van der Waals surface area contributed by atoms with Crippen molar-refractivity contribution in [1.82, 2.24) is 0 Å². The molecule has 0 aliphatic rings. The van der Waals surface area contributed by atoms with Gasteiger partial charge in [0.15, 0.2) is 0 Å². The first-order valence-electron chi connectivity index (χ1n) is 5.76. The summed E-state index contributed by atoms with van der Waals surface area (Å²) in [5, 5.41) is 3.15. The highest BCUT2D eigenvalue weighted by Gasteiger charge is 2.01. The van der Waals surface area contributed by atoms with Gasteiger partial charge >= 0.3 is 0 Å². The van der Waals surface area contributed by atoms with Crippen LogP contribution < -0.4 is 5.32 Å². The molecular formula is C15H14BrNO. The zero-order valence-electron chi connectivity index (χ0n) is 9.90. The zero-order chi connectivity index (χ0) is 12.8. The number of carbonyl (C=O) groups is 1. The Bertz CT molecular complexity index is 525. The third-order valence-electron chi connectivity index (χ3n) is 2.58. The van der Waals surface area contributed by atoms with Crippen molar-refractivity contribution in [2.45, 2.75) is 6.42 Å². The summed E-state index contributed by atoms with van der Waals surface area (Å²) in [6.07, 6.45) is 0.874. The number of halogens is 1. The highest BCUT2D eigenvalue weighted by molar-refractivity contribution is 9.09. The first-order valence-corrected chi connectivity index (χ1v) is 6.89. The highest BCUT2D eigenvalue weighted by Crippen LogP contribution is 2.14. The minimum atomic E-state index is -0.0353. The van der Waals surface area contributed by atoms with Gasteiger partial charge in [0.2, 0.25) is 5.91 Å². The van der Waals surface area contributed by atoms with Crippen molar-refractivity contribution in [3.63, 3.8) is 0 Å². The zero-order valence-corrected chi connectivity index (χ0v) is 11.5. The Morgan fingerprint density at radius 1 is 1.00 bits per heavy atom. The molecule has 0 saturated carbocycles. The van der Waals surface area contributed by atoms with Crippen molar-refractivity contribution < 1.29 is 4.79 Å². The van der Waals surface area contributed by atoms with Gasteiger partial charge in [-0.05, 0) is 29.7 Å². The molecule has 0 atom stereocenters. The molecule has 3 heteroatoms. The molecule has 2 nitrogen and oxygen atoms in total. The van der Waals surface area contributed by atoms with Crippen molar-refractivity contribution in [3.05, 3.63) is 65.7 Å². The summed E-state index contributed by atoms with van der Waals surface area (Å²) in [5.41, 5.74) is 3.29. The Labute approximate surface area is 115 Å². The first kappa shape index (κ1) is 12.8. The van der Waals surface area contributed by atoms with Crippen LogP contribution in [0.5, 0.6) is 0 Å². The summed E-state index contributed by atoms with van der Waals surface area (Å²) >= 11 is 3.13. The molecule has 0 saturated heterocycles. The van der Waals surface area contributed by atoms with Crippen LogP contribution in [0.2, 0.25) is 0 Å². The summed E-state index contributed by atoms with van der Waals surface area (Å²) in [6, 6.07) is 18.2. The van der Waals surface area contributed by atoms with E-state index in [2.05, 4.69) is 39.4 Å². The van der Waals surface area contributed by atoms with Crippen molar-refractivity contribution in [1.29, 1.82) is 0 Å². The van der Waals surface area contributed by atoms with E-state index in [4.69, 9.17) is 0 Å². The number of alkyl halides is 1. The molecule has 0 aliphatic carbocycles. The molecule has 0 spiro atoms. The monoisotopic (exact) mass is 303 g/mol. The maximum atomic E-state index is 11.3. The average molecular weight is 304 g/mol. The largest absolute Gasteiger partial charge is 0.325 e. The van der Waals surface area contributed by atoms with Crippen molar-refractivity contribution in [2.75, 3.05) is 10.6 Å². The van der Waals surface area contributed by atoms with Crippen LogP contribution in [0.1, 0.15) is 11.1 Å². The second-order valence-electron chi connectivity index (χ2n) is 4.04.